The number of phenols is 6. The highest BCUT2D eigenvalue weighted by Gasteiger charge is 2.79. The summed E-state index contributed by atoms with van der Waals surface area (Å²) in [6, 6.07) is 90.2. The van der Waals surface area contributed by atoms with Crippen molar-refractivity contribution in [3.8, 4) is 34.5 Å². The van der Waals surface area contributed by atoms with Crippen LogP contribution in [0.2, 0.25) is 0 Å². The van der Waals surface area contributed by atoms with E-state index in [9.17, 15) is 40.9 Å². The minimum Gasteiger partial charge on any atom is -0.508 e. The molecule has 1 aliphatic rings. The Morgan fingerprint density at radius 1 is 0.194 bits per heavy atom. The Morgan fingerprint density at radius 3 is 0.426 bits per heavy atom. The molecule has 0 saturated carbocycles. The predicted octanol–water partition coefficient (Wildman–Crippen LogP) is 20.8. The third-order valence-corrected chi connectivity index (χ3v) is 24.8. The molecule has 0 spiro atoms. The Morgan fingerprint density at radius 2 is 0.306 bits per heavy atom. The Labute approximate surface area is 634 Å². The molecule has 12 aromatic rings. The fourth-order valence-electron chi connectivity index (χ4n) is 17.7. The van der Waals surface area contributed by atoms with Crippen LogP contribution in [0.4, 0.5) is 0 Å². The van der Waals surface area contributed by atoms with Crippen LogP contribution in [0.25, 0.3) is 0 Å². The van der Waals surface area contributed by atoms with E-state index in [0.717, 1.165) is 66.8 Å². The van der Waals surface area contributed by atoms with Crippen LogP contribution in [-0.2, 0) is 63.7 Å². The number of carboxylic acid groups (broad SMARTS) is 2. The number of hydrogen-bond donors (Lipinski definition) is 8. The molecule has 0 heterocycles. The molecule has 2 unspecified atom stereocenters. The summed E-state index contributed by atoms with van der Waals surface area (Å²) in [7, 11) is 0. The second-order valence-corrected chi connectivity index (χ2v) is 32.6. The van der Waals surface area contributed by atoms with Crippen LogP contribution in [0.15, 0.2) is 303 Å². The minimum absolute atomic E-state index is 0.111. The molecule has 10 heteroatoms. The van der Waals surface area contributed by atoms with Gasteiger partial charge in [-0.25, -0.2) is 0 Å². The van der Waals surface area contributed by atoms with Crippen LogP contribution in [0.3, 0.4) is 0 Å². The zero-order valence-electron chi connectivity index (χ0n) is 63.3. The maximum Gasteiger partial charge on any atom is 0.319 e. The van der Waals surface area contributed by atoms with Crippen molar-refractivity contribution >= 4 is 11.9 Å². The third-order valence-electron chi connectivity index (χ3n) is 24.8. The van der Waals surface area contributed by atoms with Crippen LogP contribution in [-0.4, -0.2) is 52.8 Å². The topological polar surface area (TPSA) is 196 Å². The van der Waals surface area contributed by atoms with Gasteiger partial charge in [0.2, 0.25) is 0 Å². The highest BCUT2D eigenvalue weighted by molar-refractivity contribution is 5.98. The fourth-order valence-corrected chi connectivity index (χ4v) is 17.7. The lowest BCUT2D eigenvalue weighted by atomic mass is 9.32. The van der Waals surface area contributed by atoms with Gasteiger partial charge in [0.1, 0.15) is 45.3 Å². The standard InChI is InChI=1S/C98H94O10/c1-89(2,69-37-49-81(99)50-38-69)63-13-25-75(26-14-63)95(87(105)106)61-62-96(88(107)108,76-27-15-64(16-28-76)90(3,4)70-39-51-82(100)52-40-70)98(79-33-21-67(22-34-79)93(9,10)73-45-57-85(103)58-46-73,80-35-23-68(24-36-80)94(11,12)74-47-59-86(104)60-48-74)97(95,77-29-17-65(18-30-77)91(5,6)71-41-53-83(101)54-42-71)78-31-19-66(20-32-78)92(7,8)72-43-55-84(102)56-44-72/h13-62,99-104H,1-12H3,(H,105,106)(H,107,108). The largest absolute Gasteiger partial charge is 0.508 e. The van der Waals surface area contributed by atoms with E-state index in [4.69, 9.17) is 0 Å². The van der Waals surface area contributed by atoms with Crippen LogP contribution < -0.4 is 0 Å². The zero-order chi connectivity index (χ0) is 77.4. The Hall–Kier alpha value is -11.9. The van der Waals surface area contributed by atoms with Crippen LogP contribution in [0.1, 0.15) is 183 Å². The summed E-state index contributed by atoms with van der Waals surface area (Å²) in [4.78, 5) is 34.1. The lowest BCUT2D eigenvalue weighted by Gasteiger charge is -2.66. The number of rotatable bonds is 20. The van der Waals surface area contributed by atoms with Crippen molar-refractivity contribution in [3.05, 3.63) is 403 Å². The molecule has 2 atom stereocenters. The maximum absolute atomic E-state index is 17.0. The van der Waals surface area contributed by atoms with E-state index in [1.54, 1.807) is 84.9 Å². The van der Waals surface area contributed by atoms with Crippen molar-refractivity contribution in [3.63, 3.8) is 0 Å². The maximum atomic E-state index is 17.0. The molecule has 0 amide bonds. The summed E-state index contributed by atoms with van der Waals surface area (Å²) in [6.45, 7) is 25.1. The predicted molar refractivity (Wildman–Crippen MR) is 429 cm³/mol. The molecule has 108 heavy (non-hydrogen) atoms. The molecule has 546 valence electrons. The molecule has 0 bridgehead atoms. The van der Waals surface area contributed by atoms with Gasteiger partial charge in [-0.05, 0) is 173 Å². The normalized spacial score (nSPS) is 16.7. The summed E-state index contributed by atoms with van der Waals surface area (Å²) in [5.41, 5.74) is -0.428. The molecule has 10 nitrogen and oxygen atoms in total. The molecule has 0 aliphatic heterocycles. The van der Waals surface area contributed by atoms with Gasteiger partial charge in [0.05, 0.1) is 10.8 Å². The molecule has 1 aliphatic carbocycles. The number of benzene rings is 12. The first kappa shape index (κ1) is 74.4. The van der Waals surface area contributed by atoms with Crippen molar-refractivity contribution in [1.82, 2.24) is 0 Å². The van der Waals surface area contributed by atoms with Crippen molar-refractivity contribution < 1.29 is 50.4 Å². The van der Waals surface area contributed by atoms with E-state index in [1.807, 2.05) is 218 Å². The highest BCUT2D eigenvalue weighted by atomic mass is 16.4. The van der Waals surface area contributed by atoms with Crippen LogP contribution >= 0.6 is 0 Å². The van der Waals surface area contributed by atoms with Crippen molar-refractivity contribution in [1.29, 1.82) is 0 Å². The van der Waals surface area contributed by atoms with Crippen molar-refractivity contribution in [2.24, 2.45) is 0 Å². The first-order valence-electron chi connectivity index (χ1n) is 36.7. The third kappa shape index (κ3) is 11.9. The van der Waals surface area contributed by atoms with E-state index in [-0.39, 0.29) is 34.5 Å². The second-order valence-electron chi connectivity index (χ2n) is 32.6. The van der Waals surface area contributed by atoms with Crippen molar-refractivity contribution in [2.45, 2.75) is 137 Å². The van der Waals surface area contributed by atoms with Gasteiger partial charge in [-0.1, -0.05) is 314 Å². The second kappa shape index (κ2) is 27.2. The number of carbonyl (C=O) groups is 2. The number of phenolic OH excluding ortho intramolecular Hbond substituents is 6. The van der Waals surface area contributed by atoms with Gasteiger partial charge in [-0.2, -0.15) is 0 Å². The Bertz CT molecular complexity index is 4750. The first-order chi connectivity index (χ1) is 51.1. The lowest BCUT2D eigenvalue weighted by molar-refractivity contribution is -0.152. The summed E-state index contributed by atoms with van der Waals surface area (Å²) in [6.07, 6.45) is 3.34. The molecular weight excluding hydrogens is 1340 g/mol. The zero-order valence-corrected chi connectivity index (χ0v) is 63.3. The van der Waals surface area contributed by atoms with E-state index >= 15 is 9.59 Å². The highest BCUT2D eigenvalue weighted by Crippen LogP contribution is 2.72. The van der Waals surface area contributed by atoms with Gasteiger partial charge in [-0.3, -0.25) is 9.59 Å². The number of hydrogen-bond acceptors (Lipinski definition) is 8. The monoisotopic (exact) mass is 1430 g/mol. The number of aromatic hydroxyl groups is 6. The Balaban J connectivity index is 1.26. The number of carboxylic acids is 2. The number of aliphatic carboxylic acids is 2. The molecule has 0 radical (unpaired) electrons. The molecule has 8 N–H and O–H groups in total. The summed E-state index contributed by atoms with van der Waals surface area (Å²) < 4.78 is 0. The van der Waals surface area contributed by atoms with Gasteiger partial charge < -0.3 is 40.9 Å². The molecule has 0 saturated heterocycles. The van der Waals surface area contributed by atoms with E-state index in [0.29, 0.717) is 33.4 Å². The summed E-state index contributed by atoms with van der Waals surface area (Å²) >= 11 is 0. The quantitative estimate of drug-likeness (QED) is 0.0340. The van der Waals surface area contributed by atoms with Crippen LogP contribution in [0, 0.1) is 0 Å². The van der Waals surface area contributed by atoms with Gasteiger partial charge in [0, 0.05) is 32.5 Å². The Kier molecular flexibility index (Phi) is 18.7. The van der Waals surface area contributed by atoms with Gasteiger partial charge in [0.15, 0.2) is 0 Å². The van der Waals surface area contributed by atoms with Gasteiger partial charge >= 0.3 is 11.9 Å². The minimum atomic E-state index is -2.33. The van der Waals surface area contributed by atoms with Crippen LogP contribution in [0.5, 0.6) is 34.5 Å². The fraction of sp³-hybridized carbons (Fsp3) is 0.224. The average Bonchev–Trinajstić information content (AvgIpc) is 0.637. The molecule has 13 rings (SSSR count). The molecule has 0 aromatic heterocycles. The lowest BCUT2D eigenvalue weighted by Crippen LogP contribution is -2.75. The average molecular weight is 1430 g/mol. The van der Waals surface area contributed by atoms with Crippen molar-refractivity contribution in [2.75, 3.05) is 0 Å². The van der Waals surface area contributed by atoms with E-state index in [2.05, 4.69) is 83.1 Å². The van der Waals surface area contributed by atoms with Gasteiger partial charge in [-0.15, -0.1) is 0 Å². The molecule has 0 fully saturated rings. The first-order valence-corrected chi connectivity index (χ1v) is 36.7. The molecular formula is C98H94O10. The van der Waals surface area contributed by atoms with E-state index < -0.39 is 66.1 Å². The summed E-state index contributed by atoms with van der Waals surface area (Å²) in [5.74, 6) is -1.89. The smallest absolute Gasteiger partial charge is 0.319 e. The van der Waals surface area contributed by atoms with E-state index in [1.165, 1.54) is 0 Å². The molecule has 12 aromatic carbocycles. The SMILES string of the molecule is CC(C)(c1ccc(O)cc1)c1ccc(C2(C(=O)O)C=CC(C(=O)O)(c3ccc(C(C)(C)c4ccc(O)cc4)cc3)C(c3ccc(C(C)(C)c4ccc(O)cc4)cc3)(c3ccc(C(C)(C)c4ccc(O)cc4)cc3)C2(c2ccc(C(C)(C)c3ccc(O)cc3)cc2)c2ccc(C(C)(C)c3ccc(O)cc3)cc2)cc1. The summed E-state index contributed by atoms with van der Waals surface area (Å²) in [5, 5.41) is 91.4. The van der Waals surface area contributed by atoms with Gasteiger partial charge in [0.25, 0.3) is 0 Å².